The summed E-state index contributed by atoms with van der Waals surface area (Å²) in [7, 11) is 0. The summed E-state index contributed by atoms with van der Waals surface area (Å²) in [5, 5.41) is 3.67. The van der Waals surface area contributed by atoms with Crippen LogP contribution < -0.4 is 5.32 Å². The molecule has 0 aliphatic carbocycles. The Kier molecular flexibility index (Phi) is 4.20. The highest BCUT2D eigenvalue weighted by Gasteiger charge is 2.31. The lowest BCUT2D eigenvalue weighted by Gasteiger charge is -2.41. The molecule has 2 nitrogen and oxygen atoms in total. The summed E-state index contributed by atoms with van der Waals surface area (Å²) in [4.78, 5) is 2.52. The molecule has 1 atom stereocenters. The van der Waals surface area contributed by atoms with Crippen LogP contribution in [0.4, 0.5) is 0 Å². The third kappa shape index (κ3) is 3.21. The van der Waals surface area contributed by atoms with Crippen LogP contribution in [0.1, 0.15) is 26.3 Å². The van der Waals surface area contributed by atoms with Crippen molar-refractivity contribution in [3.8, 4) is 0 Å². The van der Waals surface area contributed by atoms with E-state index in [-0.39, 0.29) is 5.54 Å². The predicted octanol–water partition coefficient (Wildman–Crippen LogP) is 2.77. The Balaban J connectivity index is 2.08. The molecule has 0 saturated carbocycles. The Morgan fingerprint density at radius 3 is 2.72 bits per heavy atom. The van der Waals surface area contributed by atoms with Crippen molar-refractivity contribution >= 4 is 0 Å². The van der Waals surface area contributed by atoms with Crippen LogP contribution in [0.5, 0.6) is 0 Å². The number of rotatable bonds is 3. The second kappa shape index (κ2) is 5.68. The van der Waals surface area contributed by atoms with Crippen LogP contribution in [-0.4, -0.2) is 31.1 Å². The van der Waals surface area contributed by atoms with E-state index in [0.717, 1.165) is 26.2 Å². The molecule has 0 aromatic heterocycles. The van der Waals surface area contributed by atoms with E-state index >= 15 is 0 Å². The van der Waals surface area contributed by atoms with Crippen LogP contribution in [0.3, 0.4) is 0 Å². The van der Waals surface area contributed by atoms with Crippen molar-refractivity contribution in [3.63, 3.8) is 0 Å². The lowest BCUT2D eigenvalue weighted by Crippen LogP contribution is -2.56. The van der Waals surface area contributed by atoms with Gasteiger partial charge in [0.2, 0.25) is 0 Å². The molecular weight excluding hydrogens is 220 g/mol. The van der Waals surface area contributed by atoms with Gasteiger partial charge in [-0.1, -0.05) is 42.0 Å². The summed E-state index contributed by atoms with van der Waals surface area (Å²) >= 11 is 0. The SMILES string of the molecule is CC(C)=CCN1CCNC(C)(c2ccccc2)C1. The number of piperazine rings is 1. The number of hydrogen-bond donors (Lipinski definition) is 1. The maximum Gasteiger partial charge on any atom is 0.0535 e. The van der Waals surface area contributed by atoms with E-state index in [1.54, 1.807) is 0 Å². The Hall–Kier alpha value is -1.12. The molecule has 1 aliphatic rings. The molecule has 1 aromatic rings. The van der Waals surface area contributed by atoms with Crippen LogP contribution in [0.15, 0.2) is 42.0 Å². The van der Waals surface area contributed by atoms with Crippen LogP contribution >= 0.6 is 0 Å². The zero-order valence-corrected chi connectivity index (χ0v) is 11.7. The molecule has 1 aliphatic heterocycles. The van der Waals surface area contributed by atoms with Gasteiger partial charge in [-0.25, -0.2) is 0 Å². The molecule has 0 spiro atoms. The number of allylic oxidation sites excluding steroid dienone is 1. The van der Waals surface area contributed by atoms with E-state index in [1.807, 2.05) is 0 Å². The first-order valence-electron chi connectivity index (χ1n) is 6.76. The largest absolute Gasteiger partial charge is 0.305 e. The van der Waals surface area contributed by atoms with Crippen molar-refractivity contribution in [2.45, 2.75) is 26.3 Å². The molecule has 1 aromatic carbocycles. The molecule has 1 fully saturated rings. The molecule has 1 N–H and O–H groups in total. The molecule has 0 bridgehead atoms. The smallest absolute Gasteiger partial charge is 0.0535 e. The molecular formula is C16H24N2. The Bertz CT molecular complexity index is 406. The Morgan fingerprint density at radius 1 is 1.33 bits per heavy atom. The molecule has 1 saturated heterocycles. The van der Waals surface area contributed by atoms with E-state index in [2.05, 4.69) is 67.4 Å². The van der Waals surface area contributed by atoms with Gasteiger partial charge in [-0.3, -0.25) is 4.90 Å². The van der Waals surface area contributed by atoms with Gasteiger partial charge >= 0.3 is 0 Å². The van der Waals surface area contributed by atoms with Gasteiger partial charge in [0.1, 0.15) is 0 Å². The minimum Gasteiger partial charge on any atom is -0.305 e. The fourth-order valence-electron chi connectivity index (χ4n) is 2.54. The van der Waals surface area contributed by atoms with Crippen molar-refractivity contribution < 1.29 is 0 Å². The van der Waals surface area contributed by atoms with Crippen molar-refractivity contribution in [2.24, 2.45) is 0 Å². The number of nitrogens with one attached hydrogen (secondary N) is 1. The maximum atomic E-state index is 3.67. The molecule has 1 unspecified atom stereocenters. The summed E-state index contributed by atoms with van der Waals surface area (Å²) < 4.78 is 0. The van der Waals surface area contributed by atoms with Gasteiger partial charge in [-0.05, 0) is 26.3 Å². The monoisotopic (exact) mass is 244 g/mol. The van der Waals surface area contributed by atoms with Gasteiger partial charge in [0.05, 0.1) is 5.54 Å². The quantitative estimate of drug-likeness (QED) is 0.823. The summed E-state index contributed by atoms with van der Waals surface area (Å²) in [6, 6.07) is 10.8. The van der Waals surface area contributed by atoms with Gasteiger partial charge in [0.15, 0.2) is 0 Å². The van der Waals surface area contributed by atoms with Gasteiger partial charge in [0.25, 0.3) is 0 Å². The summed E-state index contributed by atoms with van der Waals surface area (Å²) in [5.74, 6) is 0. The van der Waals surface area contributed by atoms with Crippen LogP contribution in [-0.2, 0) is 5.54 Å². The zero-order valence-electron chi connectivity index (χ0n) is 11.7. The average Bonchev–Trinajstić information content (AvgIpc) is 2.38. The van der Waals surface area contributed by atoms with Crippen LogP contribution in [0, 0.1) is 0 Å². The third-order valence-corrected chi connectivity index (χ3v) is 3.65. The lowest BCUT2D eigenvalue weighted by atomic mass is 9.89. The van der Waals surface area contributed by atoms with E-state index in [4.69, 9.17) is 0 Å². The zero-order chi connectivity index (χ0) is 13.0. The van der Waals surface area contributed by atoms with Crippen molar-refractivity contribution in [2.75, 3.05) is 26.2 Å². The van der Waals surface area contributed by atoms with Gasteiger partial charge in [-0.15, -0.1) is 0 Å². The van der Waals surface area contributed by atoms with Crippen LogP contribution in [0.2, 0.25) is 0 Å². The van der Waals surface area contributed by atoms with Gasteiger partial charge in [-0.2, -0.15) is 0 Å². The number of nitrogens with zero attached hydrogens (tertiary/aromatic N) is 1. The predicted molar refractivity (Wildman–Crippen MR) is 77.7 cm³/mol. The average molecular weight is 244 g/mol. The number of hydrogen-bond acceptors (Lipinski definition) is 2. The lowest BCUT2D eigenvalue weighted by molar-refractivity contribution is 0.156. The highest BCUT2D eigenvalue weighted by atomic mass is 15.2. The highest BCUT2D eigenvalue weighted by Crippen LogP contribution is 2.24. The maximum absolute atomic E-state index is 3.67. The Labute approximate surface area is 111 Å². The second-order valence-electron chi connectivity index (χ2n) is 5.64. The van der Waals surface area contributed by atoms with Crippen LogP contribution in [0.25, 0.3) is 0 Å². The Morgan fingerprint density at radius 2 is 2.06 bits per heavy atom. The minimum atomic E-state index is 0.0784. The van der Waals surface area contributed by atoms with E-state index in [0.29, 0.717) is 0 Å². The summed E-state index contributed by atoms with van der Waals surface area (Å²) in [5.41, 5.74) is 2.86. The van der Waals surface area contributed by atoms with Gasteiger partial charge in [0, 0.05) is 26.2 Å². The molecule has 98 valence electrons. The molecule has 2 heteroatoms. The fourth-order valence-corrected chi connectivity index (χ4v) is 2.54. The normalized spacial score (nSPS) is 24.8. The standard InChI is InChI=1S/C16H24N2/c1-14(2)9-11-18-12-10-17-16(3,13-18)15-7-5-4-6-8-15/h4-9,17H,10-13H2,1-3H3. The van der Waals surface area contributed by atoms with E-state index < -0.39 is 0 Å². The van der Waals surface area contributed by atoms with Crippen molar-refractivity contribution in [1.82, 2.24) is 10.2 Å². The molecule has 0 radical (unpaired) electrons. The second-order valence-corrected chi connectivity index (χ2v) is 5.64. The van der Waals surface area contributed by atoms with E-state index in [9.17, 15) is 0 Å². The first kappa shape index (κ1) is 13.3. The highest BCUT2D eigenvalue weighted by molar-refractivity contribution is 5.25. The topological polar surface area (TPSA) is 15.3 Å². The number of benzene rings is 1. The van der Waals surface area contributed by atoms with Gasteiger partial charge < -0.3 is 5.32 Å². The summed E-state index contributed by atoms with van der Waals surface area (Å²) in [6.45, 7) is 11.0. The molecule has 18 heavy (non-hydrogen) atoms. The fraction of sp³-hybridized carbons (Fsp3) is 0.500. The molecule has 1 heterocycles. The molecule has 0 amide bonds. The third-order valence-electron chi connectivity index (χ3n) is 3.65. The minimum absolute atomic E-state index is 0.0784. The van der Waals surface area contributed by atoms with Crippen molar-refractivity contribution in [1.29, 1.82) is 0 Å². The first-order valence-corrected chi connectivity index (χ1v) is 6.76. The van der Waals surface area contributed by atoms with Crippen molar-refractivity contribution in [3.05, 3.63) is 47.5 Å². The first-order chi connectivity index (χ1) is 8.60. The summed E-state index contributed by atoms with van der Waals surface area (Å²) in [6.07, 6.45) is 2.32. The van der Waals surface area contributed by atoms with E-state index in [1.165, 1.54) is 11.1 Å². The molecule has 2 rings (SSSR count).